The minimum atomic E-state index is -3.78. The van der Waals surface area contributed by atoms with Gasteiger partial charge in [-0.1, -0.05) is 36.4 Å². The number of fused-ring (bicyclic) bond motifs is 1. The van der Waals surface area contributed by atoms with Gasteiger partial charge in [0.1, 0.15) is 6.07 Å². The molecule has 0 radical (unpaired) electrons. The second-order valence-corrected chi connectivity index (χ2v) is 6.86. The summed E-state index contributed by atoms with van der Waals surface area (Å²) >= 11 is 0. The Morgan fingerprint density at radius 3 is 2.38 bits per heavy atom. The van der Waals surface area contributed by atoms with Crippen LogP contribution in [0.1, 0.15) is 5.56 Å². The van der Waals surface area contributed by atoms with E-state index < -0.39 is 10.0 Å². The van der Waals surface area contributed by atoms with Crippen LogP contribution in [-0.2, 0) is 14.8 Å². The zero-order valence-electron chi connectivity index (χ0n) is 12.5. The molecule has 3 aromatic rings. The second-order valence-electron chi connectivity index (χ2n) is 5.04. The molecule has 2 aromatic carbocycles. The molecule has 0 saturated carbocycles. The average Bonchev–Trinajstić information content (AvgIpc) is 3.00. The Labute approximate surface area is 139 Å². The van der Waals surface area contributed by atoms with Crippen molar-refractivity contribution in [3.05, 3.63) is 71.9 Å². The molecule has 3 rings (SSSR count). The van der Waals surface area contributed by atoms with Crippen molar-refractivity contribution in [3.8, 4) is 6.07 Å². The van der Waals surface area contributed by atoms with Crippen LogP contribution >= 0.6 is 0 Å². The van der Waals surface area contributed by atoms with E-state index >= 15 is 0 Å². The van der Waals surface area contributed by atoms with Crippen LogP contribution in [0.4, 0.5) is 0 Å². The van der Waals surface area contributed by atoms with E-state index in [4.69, 9.17) is 5.26 Å². The first-order valence-corrected chi connectivity index (χ1v) is 8.49. The molecular weight excluding hydrogens is 324 g/mol. The Hall–Kier alpha value is -3.17. The third kappa shape index (κ3) is 2.62. The van der Waals surface area contributed by atoms with Gasteiger partial charge in [-0.05, 0) is 24.3 Å². The van der Waals surface area contributed by atoms with Crippen molar-refractivity contribution in [1.29, 1.82) is 5.26 Å². The summed E-state index contributed by atoms with van der Waals surface area (Å²) < 4.78 is 27.0. The van der Waals surface area contributed by atoms with Gasteiger partial charge in [-0.25, -0.2) is 12.4 Å². The number of allylic oxidation sites excluding steroid dienone is 1. The third-order valence-corrected chi connectivity index (χ3v) is 5.26. The normalized spacial score (nSPS) is 12.0. The highest BCUT2D eigenvalue weighted by atomic mass is 32.2. The molecule has 118 valence electrons. The van der Waals surface area contributed by atoms with E-state index in [0.29, 0.717) is 22.8 Å². The molecule has 0 aliphatic rings. The first-order chi connectivity index (χ1) is 11.6. The predicted octanol–water partition coefficient (Wildman–Crippen LogP) is 2.98. The smallest absolute Gasteiger partial charge is 0.268 e. The molecule has 1 heterocycles. The van der Waals surface area contributed by atoms with Crippen LogP contribution in [0.3, 0.4) is 0 Å². The molecule has 0 aliphatic carbocycles. The lowest BCUT2D eigenvalue weighted by Crippen LogP contribution is -2.11. The lowest BCUT2D eigenvalue weighted by molar-refractivity contribution is -0.104. The highest BCUT2D eigenvalue weighted by Crippen LogP contribution is 2.27. The van der Waals surface area contributed by atoms with Gasteiger partial charge in [0.15, 0.2) is 6.29 Å². The minimum absolute atomic E-state index is 0.0741. The van der Waals surface area contributed by atoms with Gasteiger partial charge in [0.2, 0.25) is 0 Å². The average molecular weight is 336 g/mol. The summed E-state index contributed by atoms with van der Waals surface area (Å²) in [6, 6.07) is 16.8. The molecule has 5 nitrogen and oxygen atoms in total. The molecule has 0 fully saturated rings. The fourth-order valence-electron chi connectivity index (χ4n) is 2.46. The molecule has 0 aliphatic heterocycles. The monoisotopic (exact) mass is 336 g/mol. The number of aromatic nitrogens is 1. The fraction of sp³-hybridized carbons (Fsp3) is 0. The molecular formula is C18H12N2O3S. The maximum Gasteiger partial charge on any atom is 0.268 e. The highest BCUT2D eigenvalue weighted by Gasteiger charge is 2.20. The predicted molar refractivity (Wildman–Crippen MR) is 90.6 cm³/mol. The molecule has 0 spiro atoms. The first kappa shape index (κ1) is 15.7. The van der Waals surface area contributed by atoms with E-state index in [1.165, 1.54) is 28.4 Å². The van der Waals surface area contributed by atoms with Crippen molar-refractivity contribution in [2.45, 2.75) is 4.90 Å². The number of aldehydes is 1. The number of benzene rings is 2. The van der Waals surface area contributed by atoms with Gasteiger partial charge in [0.05, 0.1) is 16.0 Å². The summed E-state index contributed by atoms with van der Waals surface area (Å²) in [4.78, 5) is 11.0. The van der Waals surface area contributed by atoms with Crippen LogP contribution in [-0.4, -0.2) is 18.7 Å². The molecule has 1 aromatic heterocycles. The number of hydrogen-bond donors (Lipinski definition) is 0. The van der Waals surface area contributed by atoms with Crippen LogP contribution in [0, 0.1) is 11.3 Å². The molecule has 0 amide bonds. The van der Waals surface area contributed by atoms with Crippen LogP contribution < -0.4 is 0 Å². The van der Waals surface area contributed by atoms with E-state index in [0.717, 1.165) is 0 Å². The summed E-state index contributed by atoms with van der Waals surface area (Å²) in [5, 5.41) is 9.57. The van der Waals surface area contributed by atoms with E-state index in [1.807, 2.05) is 0 Å². The van der Waals surface area contributed by atoms with Gasteiger partial charge >= 0.3 is 0 Å². The summed E-state index contributed by atoms with van der Waals surface area (Å²) in [6.07, 6.45) is 3.25. The Morgan fingerprint density at radius 1 is 1.04 bits per heavy atom. The van der Waals surface area contributed by atoms with Crippen molar-refractivity contribution in [2.75, 3.05) is 0 Å². The van der Waals surface area contributed by atoms with Crippen molar-refractivity contribution in [3.63, 3.8) is 0 Å². The highest BCUT2D eigenvalue weighted by molar-refractivity contribution is 7.90. The zero-order chi connectivity index (χ0) is 17.2. The van der Waals surface area contributed by atoms with E-state index in [1.54, 1.807) is 48.5 Å². The largest absolute Gasteiger partial charge is 0.297 e. The van der Waals surface area contributed by atoms with Crippen molar-refractivity contribution < 1.29 is 13.2 Å². The molecule has 0 bridgehead atoms. The van der Waals surface area contributed by atoms with E-state index in [2.05, 4.69) is 0 Å². The third-order valence-electron chi connectivity index (χ3n) is 3.58. The Kier molecular flexibility index (Phi) is 4.02. The maximum absolute atomic E-state index is 12.9. The summed E-state index contributed by atoms with van der Waals surface area (Å²) in [7, 11) is -3.78. The molecule has 0 unspecified atom stereocenters. The Balaban J connectivity index is 2.30. The lowest BCUT2D eigenvalue weighted by atomic mass is 10.1. The molecule has 0 saturated heterocycles. The van der Waals surface area contributed by atoms with E-state index in [-0.39, 0.29) is 10.5 Å². The van der Waals surface area contributed by atoms with Crippen LogP contribution in [0.2, 0.25) is 0 Å². The minimum Gasteiger partial charge on any atom is -0.297 e. The summed E-state index contributed by atoms with van der Waals surface area (Å²) in [6.45, 7) is 0. The number of para-hydroxylation sites is 1. The van der Waals surface area contributed by atoms with Gasteiger partial charge < -0.3 is 0 Å². The van der Waals surface area contributed by atoms with Crippen molar-refractivity contribution in [1.82, 2.24) is 3.97 Å². The van der Waals surface area contributed by atoms with Gasteiger partial charge in [-0.15, -0.1) is 0 Å². The number of rotatable bonds is 4. The molecule has 0 atom stereocenters. The Bertz CT molecular complexity index is 1090. The first-order valence-electron chi connectivity index (χ1n) is 7.05. The van der Waals surface area contributed by atoms with Gasteiger partial charge in [0.25, 0.3) is 10.0 Å². The quantitative estimate of drug-likeness (QED) is 0.417. The number of nitriles is 1. The standard InChI is InChI=1S/C18H12N2O3S/c19-11-14(13-21)10-15-12-20(18-9-5-4-8-17(15)18)24(22,23)16-6-2-1-3-7-16/h1-10,12-13H/b14-10-. The van der Waals surface area contributed by atoms with Gasteiger partial charge in [0, 0.05) is 17.1 Å². The maximum atomic E-state index is 12.9. The van der Waals surface area contributed by atoms with Gasteiger partial charge in [-0.3, -0.25) is 4.79 Å². The lowest BCUT2D eigenvalue weighted by Gasteiger charge is -2.07. The zero-order valence-corrected chi connectivity index (χ0v) is 13.3. The number of nitrogens with zero attached hydrogens (tertiary/aromatic N) is 2. The molecule has 24 heavy (non-hydrogen) atoms. The molecule has 0 N–H and O–H groups in total. The Morgan fingerprint density at radius 2 is 1.71 bits per heavy atom. The molecule has 6 heteroatoms. The SMILES string of the molecule is N#C/C(C=O)=C/c1cn(S(=O)(=O)c2ccccc2)c2ccccc12. The number of carbonyl (C=O) groups is 1. The van der Waals surface area contributed by atoms with Crippen LogP contribution in [0.25, 0.3) is 17.0 Å². The fourth-order valence-corrected chi connectivity index (χ4v) is 3.85. The van der Waals surface area contributed by atoms with Gasteiger partial charge in [-0.2, -0.15) is 5.26 Å². The second kappa shape index (κ2) is 6.14. The van der Waals surface area contributed by atoms with Crippen molar-refractivity contribution >= 4 is 33.3 Å². The summed E-state index contributed by atoms with van der Waals surface area (Å²) in [5.74, 6) is 0. The van der Waals surface area contributed by atoms with E-state index in [9.17, 15) is 13.2 Å². The number of carbonyl (C=O) groups excluding carboxylic acids is 1. The van der Waals surface area contributed by atoms with Crippen LogP contribution in [0.5, 0.6) is 0 Å². The number of hydrogen-bond acceptors (Lipinski definition) is 4. The summed E-state index contributed by atoms with van der Waals surface area (Å²) in [5.41, 5.74) is 0.902. The van der Waals surface area contributed by atoms with Crippen LogP contribution in [0.15, 0.2) is 71.3 Å². The topological polar surface area (TPSA) is 79.9 Å². The van der Waals surface area contributed by atoms with Crippen molar-refractivity contribution in [2.24, 2.45) is 0 Å².